The van der Waals surface area contributed by atoms with Gasteiger partial charge in [0.15, 0.2) is 0 Å². The van der Waals surface area contributed by atoms with Gasteiger partial charge < -0.3 is 0 Å². The fourth-order valence-corrected chi connectivity index (χ4v) is 4.30. The van der Waals surface area contributed by atoms with Gasteiger partial charge in [-0.1, -0.05) is 23.8 Å². The third-order valence-electron chi connectivity index (χ3n) is 5.71. The Hall–Kier alpha value is -2.15. The van der Waals surface area contributed by atoms with E-state index in [0.717, 1.165) is 0 Å². The fraction of sp³-hybridized carbons (Fsp3) is 0.348. The first-order chi connectivity index (χ1) is 11.6. The fourth-order valence-electron chi connectivity index (χ4n) is 4.30. The molecule has 2 aromatic carbocycles. The number of aryl methyl sites for hydroxylation is 5. The highest BCUT2D eigenvalue weighted by Crippen LogP contribution is 2.32. The topological polar surface area (TPSA) is 3.88 Å². The molecule has 1 aromatic heterocycles. The van der Waals surface area contributed by atoms with Gasteiger partial charge in [-0.05, 0) is 74.8 Å². The number of pyridine rings is 1. The maximum Gasteiger partial charge on any atom is 0.213 e. The predicted molar refractivity (Wildman–Crippen MR) is 101 cm³/mol. The summed E-state index contributed by atoms with van der Waals surface area (Å²) in [5.41, 5.74) is 11.3. The molecule has 1 aliphatic rings. The van der Waals surface area contributed by atoms with Gasteiger partial charge in [0.1, 0.15) is 7.05 Å². The zero-order valence-electron chi connectivity index (χ0n) is 15.2. The minimum Gasteiger partial charge on any atom is -0.194 e. The second-order valence-corrected chi connectivity index (χ2v) is 7.39. The van der Waals surface area contributed by atoms with E-state index < -0.39 is 0 Å². The van der Waals surface area contributed by atoms with Crippen LogP contribution in [0.15, 0.2) is 36.4 Å². The summed E-state index contributed by atoms with van der Waals surface area (Å²) in [4.78, 5) is 0. The van der Waals surface area contributed by atoms with Crippen molar-refractivity contribution in [1.82, 2.24) is 0 Å². The summed E-state index contributed by atoms with van der Waals surface area (Å²) in [6.45, 7) is 6.67. The van der Waals surface area contributed by atoms with Crippen LogP contribution in [0.2, 0.25) is 0 Å². The van der Waals surface area contributed by atoms with Gasteiger partial charge in [0, 0.05) is 17.7 Å². The molecule has 0 unspecified atom stereocenters. The summed E-state index contributed by atoms with van der Waals surface area (Å²) in [7, 11) is 2.22. The highest BCUT2D eigenvalue weighted by atomic mass is 14.9. The Kier molecular flexibility index (Phi) is 3.68. The van der Waals surface area contributed by atoms with Crippen molar-refractivity contribution in [1.29, 1.82) is 0 Å². The predicted octanol–water partition coefficient (Wildman–Crippen LogP) is 5.14. The van der Waals surface area contributed by atoms with Crippen molar-refractivity contribution in [3.05, 3.63) is 64.2 Å². The lowest BCUT2D eigenvalue weighted by atomic mass is 9.94. The molecule has 24 heavy (non-hydrogen) atoms. The average molecular weight is 316 g/mol. The molecule has 1 heterocycles. The van der Waals surface area contributed by atoms with Crippen LogP contribution in [0.1, 0.15) is 40.7 Å². The number of hydrogen-bond donors (Lipinski definition) is 0. The number of aromatic nitrogens is 1. The number of hydrogen-bond acceptors (Lipinski definition) is 0. The van der Waals surface area contributed by atoms with Crippen molar-refractivity contribution < 1.29 is 4.57 Å². The third-order valence-corrected chi connectivity index (χ3v) is 5.71. The van der Waals surface area contributed by atoms with E-state index in [0.29, 0.717) is 0 Å². The van der Waals surface area contributed by atoms with Crippen LogP contribution in [-0.2, 0) is 19.9 Å². The Morgan fingerprint density at radius 3 is 2.42 bits per heavy atom. The summed E-state index contributed by atoms with van der Waals surface area (Å²) in [6, 6.07) is 13.9. The second kappa shape index (κ2) is 5.73. The summed E-state index contributed by atoms with van der Waals surface area (Å²) in [5, 5.41) is 1.50. The van der Waals surface area contributed by atoms with Gasteiger partial charge in [-0.2, -0.15) is 4.57 Å². The van der Waals surface area contributed by atoms with Gasteiger partial charge in [-0.3, -0.25) is 0 Å². The summed E-state index contributed by atoms with van der Waals surface area (Å²) >= 11 is 0. The summed E-state index contributed by atoms with van der Waals surface area (Å²) in [6.07, 6.45) is 5.01. The lowest BCUT2D eigenvalue weighted by Crippen LogP contribution is -2.33. The summed E-state index contributed by atoms with van der Waals surface area (Å²) < 4.78 is 2.40. The summed E-state index contributed by atoms with van der Waals surface area (Å²) in [5.74, 6) is 0. The van der Waals surface area contributed by atoms with E-state index in [-0.39, 0.29) is 0 Å². The number of nitrogens with zero attached hydrogens (tertiary/aromatic N) is 1. The molecule has 3 aromatic rings. The monoisotopic (exact) mass is 316 g/mol. The van der Waals surface area contributed by atoms with E-state index in [1.165, 1.54) is 75.7 Å². The van der Waals surface area contributed by atoms with Crippen LogP contribution in [-0.4, -0.2) is 0 Å². The maximum absolute atomic E-state index is 2.46. The van der Waals surface area contributed by atoms with Gasteiger partial charge in [0.25, 0.3) is 0 Å². The van der Waals surface area contributed by atoms with Crippen LogP contribution in [0.25, 0.3) is 22.2 Å². The van der Waals surface area contributed by atoms with E-state index in [4.69, 9.17) is 0 Å². The van der Waals surface area contributed by atoms with E-state index in [1.54, 1.807) is 0 Å². The van der Waals surface area contributed by atoms with Gasteiger partial charge in [-0.15, -0.1) is 0 Å². The molecule has 122 valence electrons. The highest BCUT2D eigenvalue weighted by molar-refractivity contribution is 5.85. The molecule has 0 saturated carbocycles. The Balaban J connectivity index is 2.08. The van der Waals surface area contributed by atoms with Crippen LogP contribution >= 0.6 is 0 Å². The van der Waals surface area contributed by atoms with Gasteiger partial charge >= 0.3 is 0 Å². The molecule has 0 amide bonds. The molecule has 0 radical (unpaired) electrons. The molecule has 0 aliphatic heterocycles. The first-order valence-corrected chi connectivity index (χ1v) is 9.08. The van der Waals surface area contributed by atoms with Crippen molar-refractivity contribution in [2.24, 2.45) is 7.05 Å². The molecule has 1 nitrogen and oxygen atoms in total. The van der Waals surface area contributed by atoms with Crippen molar-refractivity contribution in [2.75, 3.05) is 0 Å². The van der Waals surface area contributed by atoms with Crippen molar-refractivity contribution in [3.8, 4) is 11.3 Å². The maximum atomic E-state index is 2.46. The molecule has 0 saturated heterocycles. The number of rotatable bonds is 1. The van der Waals surface area contributed by atoms with Gasteiger partial charge in [-0.25, -0.2) is 0 Å². The Labute approximate surface area is 145 Å². The Bertz CT molecular complexity index is 950. The molecular weight excluding hydrogens is 290 g/mol. The van der Waals surface area contributed by atoms with Crippen LogP contribution in [0, 0.1) is 20.8 Å². The standard InChI is InChI=1S/C23H26N/c1-15-12-16(2)17(3)20(13-15)22-14-19-9-6-5-8-18-10-7-11-21(23(18)19)24(22)4/h7,10-14H,5-6,8-9H2,1-4H3/q+1. The largest absolute Gasteiger partial charge is 0.213 e. The molecular formula is C23H26N+. The Morgan fingerprint density at radius 1 is 0.875 bits per heavy atom. The van der Waals surface area contributed by atoms with E-state index in [1.807, 2.05) is 0 Å². The number of benzene rings is 2. The Morgan fingerprint density at radius 2 is 1.62 bits per heavy atom. The minimum atomic E-state index is 1.20. The lowest BCUT2D eigenvalue weighted by Gasteiger charge is -2.13. The first kappa shape index (κ1) is 15.4. The second-order valence-electron chi connectivity index (χ2n) is 7.39. The van der Waals surface area contributed by atoms with Crippen LogP contribution < -0.4 is 4.57 Å². The highest BCUT2D eigenvalue weighted by Gasteiger charge is 2.22. The normalized spacial score (nSPS) is 14.0. The minimum absolute atomic E-state index is 1.20. The molecule has 1 heteroatoms. The molecule has 0 atom stereocenters. The third kappa shape index (κ3) is 2.34. The van der Waals surface area contributed by atoms with Crippen molar-refractivity contribution >= 4 is 10.9 Å². The van der Waals surface area contributed by atoms with Crippen LogP contribution in [0.4, 0.5) is 0 Å². The van der Waals surface area contributed by atoms with Gasteiger partial charge in [0.05, 0.1) is 5.39 Å². The quantitative estimate of drug-likeness (QED) is 0.548. The molecule has 0 N–H and O–H groups in total. The zero-order valence-corrected chi connectivity index (χ0v) is 15.2. The smallest absolute Gasteiger partial charge is 0.194 e. The van der Waals surface area contributed by atoms with E-state index >= 15 is 0 Å². The molecule has 0 spiro atoms. The van der Waals surface area contributed by atoms with Crippen LogP contribution in [0.3, 0.4) is 0 Å². The van der Waals surface area contributed by atoms with Crippen molar-refractivity contribution in [3.63, 3.8) is 0 Å². The van der Waals surface area contributed by atoms with Crippen molar-refractivity contribution in [2.45, 2.75) is 46.5 Å². The first-order valence-electron chi connectivity index (χ1n) is 9.08. The zero-order chi connectivity index (χ0) is 16.8. The molecule has 4 rings (SSSR count). The SMILES string of the molecule is Cc1cc(C)c(C)c(-c2cc3c4c(cccc4[n+]2C)CCCC3)c1. The average Bonchev–Trinajstić information content (AvgIpc) is 2.77. The molecule has 1 aliphatic carbocycles. The lowest BCUT2D eigenvalue weighted by molar-refractivity contribution is -0.633. The van der Waals surface area contributed by atoms with Crippen LogP contribution in [0.5, 0.6) is 0 Å². The van der Waals surface area contributed by atoms with E-state index in [2.05, 4.69) is 68.8 Å². The molecule has 0 bridgehead atoms. The van der Waals surface area contributed by atoms with Gasteiger partial charge in [0.2, 0.25) is 11.2 Å². The van der Waals surface area contributed by atoms with E-state index in [9.17, 15) is 0 Å². The molecule has 0 fully saturated rings.